The lowest BCUT2D eigenvalue weighted by Crippen LogP contribution is -2.50. The summed E-state index contributed by atoms with van der Waals surface area (Å²) < 4.78 is 0. The summed E-state index contributed by atoms with van der Waals surface area (Å²) in [6, 6.07) is 0. The molecule has 1 aromatic rings. The average Bonchev–Trinajstić information content (AvgIpc) is 3.27. The molecule has 5 rings (SSSR count). The van der Waals surface area contributed by atoms with Crippen LogP contribution in [0.15, 0.2) is 18.5 Å². The second-order valence-electron chi connectivity index (χ2n) is 11.0. The normalized spacial score (nSPS) is 47.8. The Kier molecular flexibility index (Phi) is 4.46. The molecular formula is C23H36N4O. The molecule has 4 aliphatic carbocycles. The Labute approximate surface area is 169 Å². The van der Waals surface area contributed by atoms with Crippen LogP contribution < -0.4 is 0 Å². The predicted molar refractivity (Wildman–Crippen MR) is 108 cm³/mol. The van der Waals surface area contributed by atoms with Crippen molar-refractivity contribution in [1.29, 1.82) is 0 Å². The lowest BCUT2D eigenvalue weighted by Gasteiger charge is -2.57. The first-order valence-electron chi connectivity index (χ1n) is 11.5. The molecule has 4 aliphatic rings. The van der Waals surface area contributed by atoms with Crippen LogP contribution in [-0.2, 0) is 6.54 Å². The van der Waals surface area contributed by atoms with Crippen LogP contribution in [-0.4, -0.2) is 30.9 Å². The van der Waals surface area contributed by atoms with Crippen molar-refractivity contribution in [2.75, 3.05) is 0 Å². The zero-order chi connectivity index (χ0) is 19.5. The second kappa shape index (κ2) is 6.65. The number of hydrogen-bond acceptors (Lipinski definition) is 4. The summed E-state index contributed by atoms with van der Waals surface area (Å²) in [5.41, 5.74) is 1.28. The lowest BCUT2D eigenvalue weighted by atomic mass is 9.49. The Bertz CT molecular complexity index is 729. The van der Waals surface area contributed by atoms with Gasteiger partial charge in [0.15, 0.2) is 6.33 Å². The molecule has 4 saturated carbocycles. The molecule has 0 aliphatic heterocycles. The van der Waals surface area contributed by atoms with Gasteiger partial charge in [0.05, 0.1) is 12.1 Å². The standard InChI is InChI=1S/C23H36N4O/c1-15(13-27-25-14-24-26-27)20-6-7-21-19-5-4-16-12-22(2,28)10-8-17(16)18(19)9-11-23(20,21)3/h14,16-21,28H,1,4-13H2,2-3H3/t16-,17-,18+,19+,20+,21-,22-,23+/m0/s1. The van der Waals surface area contributed by atoms with E-state index in [-0.39, 0.29) is 0 Å². The Balaban J connectivity index is 1.32. The van der Waals surface area contributed by atoms with E-state index in [1.54, 1.807) is 4.80 Å². The molecule has 5 nitrogen and oxygen atoms in total. The molecule has 1 heterocycles. The lowest BCUT2D eigenvalue weighted by molar-refractivity contribution is -0.0979. The Morgan fingerprint density at radius 2 is 1.89 bits per heavy atom. The molecule has 0 saturated heterocycles. The maximum absolute atomic E-state index is 10.6. The van der Waals surface area contributed by atoms with Crippen LogP contribution in [0.3, 0.4) is 0 Å². The third-order valence-corrected chi connectivity index (χ3v) is 9.47. The highest BCUT2D eigenvalue weighted by Crippen LogP contribution is 2.65. The summed E-state index contributed by atoms with van der Waals surface area (Å²) in [6.45, 7) is 9.80. The molecule has 1 aromatic heterocycles. The van der Waals surface area contributed by atoms with E-state index in [0.717, 1.165) is 42.4 Å². The molecule has 0 radical (unpaired) electrons. The van der Waals surface area contributed by atoms with E-state index in [1.165, 1.54) is 56.8 Å². The van der Waals surface area contributed by atoms with Gasteiger partial charge in [0.2, 0.25) is 0 Å². The second-order valence-corrected chi connectivity index (χ2v) is 11.0. The monoisotopic (exact) mass is 384 g/mol. The van der Waals surface area contributed by atoms with Crippen LogP contribution in [0.1, 0.15) is 71.6 Å². The first-order chi connectivity index (χ1) is 13.4. The van der Waals surface area contributed by atoms with E-state index in [0.29, 0.717) is 17.9 Å². The topological polar surface area (TPSA) is 63.8 Å². The molecule has 0 aromatic carbocycles. The summed E-state index contributed by atoms with van der Waals surface area (Å²) in [6.07, 6.45) is 12.9. The summed E-state index contributed by atoms with van der Waals surface area (Å²) in [7, 11) is 0. The van der Waals surface area contributed by atoms with Crippen LogP contribution in [0.5, 0.6) is 0 Å². The van der Waals surface area contributed by atoms with Crippen molar-refractivity contribution in [2.24, 2.45) is 40.9 Å². The molecule has 0 spiro atoms. The van der Waals surface area contributed by atoms with Crippen molar-refractivity contribution in [3.05, 3.63) is 18.5 Å². The summed E-state index contributed by atoms with van der Waals surface area (Å²) >= 11 is 0. The molecule has 8 atom stereocenters. The molecule has 0 amide bonds. The number of nitrogens with zero attached hydrogens (tertiary/aromatic N) is 4. The molecule has 4 fully saturated rings. The molecule has 154 valence electrons. The third kappa shape index (κ3) is 2.96. The molecule has 28 heavy (non-hydrogen) atoms. The number of aromatic nitrogens is 4. The van der Waals surface area contributed by atoms with Crippen LogP contribution in [0.2, 0.25) is 0 Å². The van der Waals surface area contributed by atoms with Crippen molar-refractivity contribution in [3.63, 3.8) is 0 Å². The molecule has 5 heteroatoms. The van der Waals surface area contributed by atoms with Gasteiger partial charge in [0, 0.05) is 0 Å². The molecule has 1 N–H and O–H groups in total. The van der Waals surface area contributed by atoms with Gasteiger partial charge in [0.25, 0.3) is 0 Å². The highest BCUT2D eigenvalue weighted by atomic mass is 16.3. The van der Waals surface area contributed by atoms with E-state index >= 15 is 0 Å². The molecular weight excluding hydrogens is 348 g/mol. The Hall–Kier alpha value is -1.23. The minimum Gasteiger partial charge on any atom is -0.390 e. The van der Waals surface area contributed by atoms with Gasteiger partial charge < -0.3 is 5.11 Å². The van der Waals surface area contributed by atoms with Gasteiger partial charge in [-0.05, 0) is 111 Å². The van der Waals surface area contributed by atoms with Crippen LogP contribution in [0, 0.1) is 40.9 Å². The van der Waals surface area contributed by atoms with E-state index in [2.05, 4.69) is 35.8 Å². The van der Waals surface area contributed by atoms with Gasteiger partial charge in [-0.25, -0.2) is 0 Å². The molecule has 0 unspecified atom stereocenters. The van der Waals surface area contributed by atoms with Crippen LogP contribution in [0.25, 0.3) is 0 Å². The summed E-state index contributed by atoms with van der Waals surface area (Å²) in [5, 5.41) is 22.7. The number of tetrazole rings is 1. The van der Waals surface area contributed by atoms with E-state index < -0.39 is 5.60 Å². The highest BCUT2D eigenvalue weighted by molar-refractivity contribution is 5.15. The smallest absolute Gasteiger partial charge is 0.162 e. The van der Waals surface area contributed by atoms with Crippen molar-refractivity contribution < 1.29 is 5.11 Å². The fourth-order valence-electron chi connectivity index (χ4n) is 8.30. The van der Waals surface area contributed by atoms with Crippen molar-refractivity contribution in [3.8, 4) is 0 Å². The quantitative estimate of drug-likeness (QED) is 0.791. The number of allylic oxidation sites excluding steroid dienone is 1. The van der Waals surface area contributed by atoms with Gasteiger partial charge in [-0.1, -0.05) is 19.1 Å². The SMILES string of the molecule is C=C(Cn1ncnn1)[C@H]1CC[C@H]2[C@@H]3CC[C@H]4C[C@@](C)(O)CC[C@@H]4[C@H]3CC[C@]12C. The van der Waals surface area contributed by atoms with Crippen molar-refractivity contribution >= 4 is 0 Å². The van der Waals surface area contributed by atoms with Gasteiger partial charge in [-0.3, -0.25) is 0 Å². The van der Waals surface area contributed by atoms with Crippen molar-refractivity contribution in [2.45, 2.75) is 83.8 Å². The zero-order valence-electron chi connectivity index (χ0n) is 17.6. The minimum absolute atomic E-state index is 0.395. The number of hydrogen-bond donors (Lipinski definition) is 1. The third-order valence-electron chi connectivity index (χ3n) is 9.47. The summed E-state index contributed by atoms with van der Waals surface area (Å²) in [4.78, 5) is 1.68. The fourth-order valence-corrected chi connectivity index (χ4v) is 8.30. The largest absolute Gasteiger partial charge is 0.390 e. The van der Waals surface area contributed by atoms with Crippen molar-refractivity contribution in [1.82, 2.24) is 20.2 Å². The van der Waals surface area contributed by atoms with Crippen LogP contribution in [0.4, 0.5) is 0 Å². The number of rotatable bonds is 3. The zero-order valence-corrected chi connectivity index (χ0v) is 17.6. The maximum atomic E-state index is 10.6. The van der Waals surface area contributed by atoms with E-state index in [9.17, 15) is 5.11 Å². The Morgan fingerprint density at radius 3 is 2.68 bits per heavy atom. The highest BCUT2D eigenvalue weighted by Gasteiger charge is 2.57. The maximum Gasteiger partial charge on any atom is 0.162 e. The molecule has 0 bridgehead atoms. The van der Waals surface area contributed by atoms with E-state index in [1.807, 2.05) is 0 Å². The van der Waals surface area contributed by atoms with Crippen LogP contribution >= 0.6 is 0 Å². The summed E-state index contributed by atoms with van der Waals surface area (Å²) in [5.74, 6) is 4.86. The first kappa shape index (κ1) is 18.8. The number of aliphatic hydroxyl groups is 1. The first-order valence-corrected chi connectivity index (χ1v) is 11.5. The average molecular weight is 385 g/mol. The van der Waals surface area contributed by atoms with E-state index in [4.69, 9.17) is 0 Å². The van der Waals surface area contributed by atoms with Gasteiger partial charge in [-0.15, -0.1) is 10.2 Å². The number of fused-ring (bicyclic) bond motifs is 5. The predicted octanol–water partition coefficient (Wildman–Crippen LogP) is 4.25. The fraction of sp³-hybridized carbons (Fsp3) is 0.870. The van der Waals surface area contributed by atoms with Gasteiger partial charge in [-0.2, -0.15) is 4.80 Å². The van der Waals surface area contributed by atoms with Gasteiger partial charge in [0.1, 0.15) is 0 Å². The van der Waals surface area contributed by atoms with Gasteiger partial charge >= 0.3 is 0 Å². The Morgan fingerprint density at radius 1 is 1.07 bits per heavy atom. The minimum atomic E-state index is -0.414.